The predicted octanol–water partition coefficient (Wildman–Crippen LogP) is 2.41. The fourth-order valence-corrected chi connectivity index (χ4v) is 3.42. The molecule has 0 spiro atoms. The highest BCUT2D eigenvalue weighted by molar-refractivity contribution is 5.84. The lowest BCUT2D eigenvalue weighted by molar-refractivity contribution is -0.134. The second-order valence-electron chi connectivity index (χ2n) is 7.01. The Hall–Kier alpha value is -1.88. The van der Waals surface area contributed by atoms with Crippen LogP contribution in [0.15, 0.2) is 30.3 Å². The number of hydrogen-bond donors (Lipinski definition) is 1. The average molecular weight is 345 g/mol. The van der Waals surface area contributed by atoms with Gasteiger partial charge in [-0.3, -0.25) is 14.5 Å². The average Bonchev–Trinajstić information content (AvgIpc) is 2.62. The van der Waals surface area contributed by atoms with Gasteiger partial charge in [0.25, 0.3) is 0 Å². The van der Waals surface area contributed by atoms with Gasteiger partial charge in [0.2, 0.25) is 11.8 Å². The maximum atomic E-state index is 12.3. The largest absolute Gasteiger partial charge is 0.347 e. The molecule has 2 atom stereocenters. The number of likely N-dealkylation sites (N-methyl/N-ethyl adjacent to an activating group) is 1. The van der Waals surface area contributed by atoms with E-state index in [1.165, 1.54) is 5.56 Å². The SMILES string of the molecule is CCCC(=O)NCC(=O)N(C)[C@H]1CCN(Cc2ccccc2)[C@H](C)C1. The minimum Gasteiger partial charge on any atom is -0.347 e. The highest BCUT2D eigenvalue weighted by Crippen LogP contribution is 2.23. The second kappa shape index (κ2) is 9.56. The van der Waals surface area contributed by atoms with Gasteiger partial charge in [-0.05, 0) is 31.7 Å². The van der Waals surface area contributed by atoms with E-state index < -0.39 is 0 Å². The molecule has 0 bridgehead atoms. The Morgan fingerprint density at radius 3 is 2.64 bits per heavy atom. The molecule has 138 valence electrons. The van der Waals surface area contributed by atoms with Crippen molar-refractivity contribution in [3.8, 4) is 0 Å². The Balaban J connectivity index is 1.80. The zero-order valence-electron chi connectivity index (χ0n) is 15.7. The van der Waals surface area contributed by atoms with E-state index in [1.807, 2.05) is 24.9 Å². The fourth-order valence-electron chi connectivity index (χ4n) is 3.42. The number of nitrogens with one attached hydrogen (secondary N) is 1. The number of hydrogen-bond acceptors (Lipinski definition) is 3. The Kier molecular flexibility index (Phi) is 7.44. The standard InChI is InChI=1S/C20H31N3O2/c1-4-8-19(24)21-14-20(25)22(3)18-11-12-23(16(2)13-18)15-17-9-6-5-7-10-17/h5-7,9-10,16,18H,4,8,11-15H2,1-3H3,(H,21,24)/t16-,18+/m1/s1. The lowest BCUT2D eigenvalue weighted by Gasteiger charge is -2.41. The van der Waals surface area contributed by atoms with Gasteiger partial charge in [0.1, 0.15) is 0 Å². The summed E-state index contributed by atoms with van der Waals surface area (Å²) in [5, 5.41) is 2.72. The van der Waals surface area contributed by atoms with Gasteiger partial charge in [0.05, 0.1) is 6.54 Å². The maximum absolute atomic E-state index is 12.3. The van der Waals surface area contributed by atoms with Crippen molar-refractivity contribution in [3.63, 3.8) is 0 Å². The molecular formula is C20H31N3O2. The van der Waals surface area contributed by atoms with Crippen molar-refractivity contribution in [2.45, 2.75) is 58.2 Å². The summed E-state index contributed by atoms with van der Waals surface area (Å²) < 4.78 is 0. The van der Waals surface area contributed by atoms with Crippen molar-refractivity contribution < 1.29 is 9.59 Å². The summed E-state index contributed by atoms with van der Waals surface area (Å²) in [5.41, 5.74) is 1.33. The minimum atomic E-state index is -0.0460. The Morgan fingerprint density at radius 1 is 1.28 bits per heavy atom. The van der Waals surface area contributed by atoms with Crippen molar-refractivity contribution in [2.24, 2.45) is 0 Å². The zero-order valence-corrected chi connectivity index (χ0v) is 15.7. The quantitative estimate of drug-likeness (QED) is 0.826. The number of likely N-dealkylation sites (tertiary alicyclic amines) is 1. The van der Waals surface area contributed by atoms with Gasteiger partial charge in [-0.1, -0.05) is 37.3 Å². The van der Waals surface area contributed by atoms with Gasteiger partial charge in [-0.2, -0.15) is 0 Å². The van der Waals surface area contributed by atoms with Gasteiger partial charge in [0.15, 0.2) is 0 Å². The van der Waals surface area contributed by atoms with E-state index in [0.717, 1.165) is 32.4 Å². The number of carbonyl (C=O) groups excluding carboxylic acids is 2. The van der Waals surface area contributed by atoms with Crippen LogP contribution in [0.2, 0.25) is 0 Å². The minimum absolute atomic E-state index is 0.00170. The first-order valence-corrected chi connectivity index (χ1v) is 9.31. The lowest BCUT2D eigenvalue weighted by atomic mass is 9.96. The van der Waals surface area contributed by atoms with Crippen molar-refractivity contribution in [2.75, 3.05) is 20.1 Å². The zero-order chi connectivity index (χ0) is 18.2. The third-order valence-corrected chi connectivity index (χ3v) is 5.07. The van der Waals surface area contributed by atoms with E-state index in [2.05, 4.69) is 41.4 Å². The molecule has 0 saturated carbocycles. The van der Waals surface area contributed by atoms with Gasteiger partial charge in [-0.25, -0.2) is 0 Å². The number of amides is 2. The second-order valence-corrected chi connectivity index (χ2v) is 7.01. The van der Waals surface area contributed by atoms with E-state index in [9.17, 15) is 9.59 Å². The maximum Gasteiger partial charge on any atom is 0.241 e. The number of benzene rings is 1. The molecule has 0 unspecified atom stereocenters. The van der Waals surface area contributed by atoms with Crippen LogP contribution in [0.1, 0.15) is 45.1 Å². The summed E-state index contributed by atoms with van der Waals surface area (Å²) in [5.74, 6) is -0.0477. The molecule has 1 fully saturated rings. The smallest absolute Gasteiger partial charge is 0.241 e. The summed E-state index contributed by atoms with van der Waals surface area (Å²) >= 11 is 0. The Labute approximate surface area is 151 Å². The van der Waals surface area contributed by atoms with Crippen molar-refractivity contribution in [1.29, 1.82) is 0 Å². The highest BCUT2D eigenvalue weighted by Gasteiger charge is 2.29. The molecule has 2 rings (SSSR count). The van der Waals surface area contributed by atoms with Crippen LogP contribution in [0.3, 0.4) is 0 Å². The first-order chi connectivity index (χ1) is 12.0. The van der Waals surface area contributed by atoms with Crippen molar-refractivity contribution >= 4 is 11.8 Å². The normalized spacial score (nSPS) is 20.9. The van der Waals surface area contributed by atoms with Gasteiger partial charge >= 0.3 is 0 Å². The van der Waals surface area contributed by atoms with E-state index >= 15 is 0 Å². The van der Waals surface area contributed by atoms with E-state index in [1.54, 1.807) is 0 Å². The van der Waals surface area contributed by atoms with Crippen molar-refractivity contribution in [1.82, 2.24) is 15.1 Å². The van der Waals surface area contributed by atoms with Crippen LogP contribution in [0.4, 0.5) is 0 Å². The van der Waals surface area contributed by atoms with Gasteiger partial charge < -0.3 is 10.2 Å². The summed E-state index contributed by atoms with van der Waals surface area (Å²) in [7, 11) is 1.86. The number of piperidine rings is 1. The predicted molar refractivity (Wildman–Crippen MR) is 100 cm³/mol. The molecule has 2 amide bonds. The van der Waals surface area contributed by atoms with E-state index in [-0.39, 0.29) is 24.4 Å². The molecule has 1 N–H and O–H groups in total. The fraction of sp³-hybridized carbons (Fsp3) is 0.600. The number of carbonyl (C=O) groups is 2. The molecule has 25 heavy (non-hydrogen) atoms. The Bertz CT molecular complexity index is 561. The molecule has 0 aliphatic carbocycles. The summed E-state index contributed by atoms with van der Waals surface area (Å²) in [4.78, 5) is 28.2. The summed E-state index contributed by atoms with van der Waals surface area (Å²) in [6.45, 7) is 6.24. The van der Waals surface area contributed by atoms with Gasteiger partial charge in [0, 0.05) is 38.6 Å². The molecular weight excluding hydrogens is 314 g/mol. The van der Waals surface area contributed by atoms with Crippen molar-refractivity contribution in [3.05, 3.63) is 35.9 Å². The molecule has 0 radical (unpaired) electrons. The third kappa shape index (κ3) is 5.85. The number of rotatable bonds is 7. The first kappa shape index (κ1) is 19.4. The van der Waals surface area contributed by atoms with E-state index in [4.69, 9.17) is 0 Å². The molecule has 1 aromatic carbocycles. The molecule has 1 aliphatic rings. The molecule has 1 saturated heterocycles. The highest BCUT2D eigenvalue weighted by atomic mass is 16.2. The molecule has 5 nitrogen and oxygen atoms in total. The van der Waals surface area contributed by atoms with Crippen LogP contribution in [0, 0.1) is 0 Å². The van der Waals surface area contributed by atoms with E-state index in [0.29, 0.717) is 12.5 Å². The Morgan fingerprint density at radius 2 is 2.00 bits per heavy atom. The monoisotopic (exact) mass is 345 g/mol. The van der Waals surface area contributed by atoms with Crippen LogP contribution in [-0.2, 0) is 16.1 Å². The first-order valence-electron chi connectivity index (χ1n) is 9.31. The molecule has 0 aromatic heterocycles. The number of nitrogens with zero attached hydrogens (tertiary/aromatic N) is 2. The van der Waals surface area contributed by atoms with Crippen LogP contribution in [0.5, 0.6) is 0 Å². The summed E-state index contributed by atoms with van der Waals surface area (Å²) in [6.07, 6.45) is 3.22. The van der Waals surface area contributed by atoms with Crippen LogP contribution in [-0.4, -0.2) is 53.8 Å². The van der Waals surface area contributed by atoms with Crippen LogP contribution in [0.25, 0.3) is 0 Å². The molecule has 1 aliphatic heterocycles. The molecule has 1 aromatic rings. The van der Waals surface area contributed by atoms with Crippen LogP contribution < -0.4 is 5.32 Å². The lowest BCUT2D eigenvalue weighted by Crippen LogP contribution is -2.50. The van der Waals surface area contributed by atoms with Gasteiger partial charge in [-0.15, -0.1) is 0 Å². The topological polar surface area (TPSA) is 52.7 Å². The third-order valence-electron chi connectivity index (χ3n) is 5.07. The summed E-state index contributed by atoms with van der Waals surface area (Å²) in [6, 6.07) is 11.2. The molecule has 1 heterocycles. The molecule has 5 heteroatoms. The van der Waals surface area contributed by atoms with Crippen LogP contribution >= 0.6 is 0 Å².